The van der Waals surface area contributed by atoms with Crippen LogP contribution >= 0.6 is 11.6 Å². The summed E-state index contributed by atoms with van der Waals surface area (Å²) in [5, 5.41) is 16.8. The Hall–Kier alpha value is -3.85. The second-order valence-electron chi connectivity index (χ2n) is 14.0. The number of likely N-dealkylation sites (tertiary alicyclic amines) is 1. The monoisotopic (exact) mass is 649 g/mol. The van der Waals surface area contributed by atoms with E-state index in [1.807, 2.05) is 20.8 Å². The number of fused-ring (bicyclic) bond motifs is 1. The van der Waals surface area contributed by atoms with Gasteiger partial charge in [-0.15, -0.1) is 0 Å². The minimum Gasteiger partial charge on any atom is -0.508 e. The van der Waals surface area contributed by atoms with Crippen LogP contribution in [-0.4, -0.2) is 52.4 Å². The van der Waals surface area contributed by atoms with Crippen molar-refractivity contribution in [3.8, 4) is 5.75 Å². The van der Waals surface area contributed by atoms with E-state index in [0.717, 1.165) is 37.3 Å². The maximum absolute atomic E-state index is 14.1. The van der Waals surface area contributed by atoms with Crippen molar-refractivity contribution in [1.82, 2.24) is 15.5 Å². The standard InChI is InChI=1S/C36H44ClN3O6/c1-22-18-30-26(20-28(22)41)29(42)21-31(46-30)32(43)38-27(19-23-10-12-25(37)13-11-23)33(44)40-16-14-36(15-17-40,24-8-6-5-7-9-24)34(45)39-35(2,3)4/h10-13,18,20-21,24,27,41H,5-9,14-17,19H2,1-4H3,(H,38,43)(H,39,45)/t27-/m1/s1. The normalized spacial score (nSPS) is 17.8. The number of phenolic OH excluding ortho intramolecular Hbond substituents is 1. The Bertz CT molecular complexity index is 1660. The third kappa shape index (κ3) is 7.41. The predicted octanol–water partition coefficient (Wildman–Crippen LogP) is 5.91. The van der Waals surface area contributed by atoms with Gasteiger partial charge in [0.05, 0.1) is 10.8 Å². The third-order valence-electron chi connectivity index (χ3n) is 9.52. The third-order valence-corrected chi connectivity index (χ3v) is 9.77. The van der Waals surface area contributed by atoms with Crippen LogP contribution in [0.25, 0.3) is 11.0 Å². The number of amides is 3. The fourth-order valence-electron chi connectivity index (χ4n) is 6.98. The van der Waals surface area contributed by atoms with Gasteiger partial charge >= 0.3 is 0 Å². The van der Waals surface area contributed by atoms with E-state index < -0.39 is 22.8 Å². The maximum Gasteiger partial charge on any atom is 0.287 e. The van der Waals surface area contributed by atoms with Crippen LogP contribution in [0.4, 0.5) is 0 Å². The summed E-state index contributed by atoms with van der Waals surface area (Å²) < 4.78 is 5.78. The highest BCUT2D eigenvalue weighted by Crippen LogP contribution is 2.46. The van der Waals surface area contributed by atoms with E-state index >= 15 is 0 Å². The van der Waals surface area contributed by atoms with Gasteiger partial charge in [0.1, 0.15) is 17.4 Å². The van der Waals surface area contributed by atoms with E-state index in [9.17, 15) is 24.3 Å². The molecule has 0 unspecified atom stereocenters. The van der Waals surface area contributed by atoms with Crippen molar-refractivity contribution in [1.29, 1.82) is 0 Å². The van der Waals surface area contributed by atoms with E-state index in [-0.39, 0.29) is 52.2 Å². The molecule has 2 heterocycles. The Morgan fingerprint density at radius 2 is 1.70 bits per heavy atom. The largest absolute Gasteiger partial charge is 0.508 e. The van der Waals surface area contributed by atoms with Gasteiger partial charge < -0.3 is 25.1 Å². The summed E-state index contributed by atoms with van der Waals surface area (Å²) in [6.07, 6.45) is 6.73. The topological polar surface area (TPSA) is 129 Å². The van der Waals surface area contributed by atoms with E-state index in [0.29, 0.717) is 36.5 Å². The number of benzene rings is 2. The van der Waals surface area contributed by atoms with Crippen molar-refractivity contribution in [2.75, 3.05) is 13.1 Å². The number of aromatic hydroxyl groups is 1. The van der Waals surface area contributed by atoms with Gasteiger partial charge in [-0.1, -0.05) is 43.0 Å². The molecule has 1 aliphatic carbocycles. The number of hydrogen-bond donors (Lipinski definition) is 3. The number of rotatable bonds is 7. The van der Waals surface area contributed by atoms with Crippen molar-refractivity contribution in [3.05, 3.63) is 74.6 Å². The molecular weight excluding hydrogens is 606 g/mol. The van der Waals surface area contributed by atoms with Crippen LogP contribution in [-0.2, 0) is 16.0 Å². The summed E-state index contributed by atoms with van der Waals surface area (Å²) in [6, 6.07) is 10.0. The smallest absolute Gasteiger partial charge is 0.287 e. The first kappa shape index (κ1) is 33.5. The van der Waals surface area contributed by atoms with Gasteiger partial charge in [-0.3, -0.25) is 19.2 Å². The van der Waals surface area contributed by atoms with Crippen molar-refractivity contribution >= 4 is 40.3 Å². The number of nitrogens with zero attached hydrogens (tertiary/aromatic N) is 1. The zero-order valence-electron chi connectivity index (χ0n) is 27.1. The summed E-state index contributed by atoms with van der Waals surface area (Å²) in [6.45, 7) is 8.43. The Morgan fingerprint density at radius 3 is 2.33 bits per heavy atom. The molecule has 1 saturated carbocycles. The highest BCUT2D eigenvalue weighted by molar-refractivity contribution is 6.30. The Balaban J connectivity index is 1.39. The lowest BCUT2D eigenvalue weighted by Crippen LogP contribution is -2.59. The predicted molar refractivity (Wildman–Crippen MR) is 178 cm³/mol. The molecule has 9 nitrogen and oxygen atoms in total. The van der Waals surface area contributed by atoms with Gasteiger partial charge in [0.15, 0.2) is 11.2 Å². The van der Waals surface area contributed by atoms with Gasteiger partial charge in [-0.05, 0) is 94.7 Å². The first-order valence-electron chi connectivity index (χ1n) is 16.2. The highest BCUT2D eigenvalue weighted by atomic mass is 35.5. The molecule has 1 saturated heterocycles. The number of nitrogens with one attached hydrogen (secondary N) is 2. The van der Waals surface area contributed by atoms with E-state index in [1.54, 1.807) is 36.1 Å². The number of phenols is 1. The van der Waals surface area contributed by atoms with Gasteiger partial charge in [0.2, 0.25) is 11.8 Å². The average Bonchev–Trinajstić information content (AvgIpc) is 3.02. The first-order valence-corrected chi connectivity index (χ1v) is 16.6. The fraction of sp³-hybridized carbons (Fsp3) is 0.500. The lowest BCUT2D eigenvalue weighted by atomic mass is 9.63. The highest BCUT2D eigenvalue weighted by Gasteiger charge is 2.49. The molecule has 10 heteroatoms. The molecule has 246 valence electrons. The van der Waals surface area contributed by atoms with Gasteiger partial charge in [0, 0.05) is 36.1 Å². The van der Waals surface area contributed by atoms with Crippen molar-refractivity contribution in [2.24, 2.45) is 11.3 Å². The van der Waals surface area contributed by atoms with Crippen LogP contribution in [0, 0.1) is 18.3 Å². The molecule has 2 fully saturated rings. The molecule has 1 aromatic heterocycles. The molecular formula is C36H44ClN3O6. The quantitative estimate of drug-likeness (QED) is 0.292. The maximum atomic E-state index is 14.1. The number of hydrogen-bond acceptors (Lipinski definition) is 6. The molecule has 2 aromatic carbocycles. The molecule has 0 spiro atoms. The number of halogens is 1. The number of carbonyl (C=O) groups is 3. The van der Waals surface area contributed by atoms with Crippen LogP contribution in [0.1, 0.15) is 87.4 Å². The Kier molecular flexibility index (Phi) is 9.82. The second kappa shape index (κ2) is 13.5. The molecule has 2 aliphatic rings. The minimum absolute atomic E-state index is 0.0458. The van der Waals surface area contributed by atoms with Crippen molar-refractivity contribution in [3.63, 3.8) is 0 Å². The second-order valence-corrected chi connectivity index (χ2v) is 14.4. The molecule has 3 amide bonds. The van der Waals surface area contributed by atoms with Crippen LogP contribution < -0.4 is 16.1 Å². The van der Waals surface area contributed by atoms with Crippen LogP contribution in [0.5, 0.6) is 5.75 Å². The number of piperidine rings is 1. The van der Waals surface area contributed by atoms with E-state index in [4.69, 9.17) is 16.0 Å². The van der Waals surface area contributed by atoms with Crippen molar-refractivity contribution < 1.29 is 23.9 Å². The van der Waals surface area contributed by atoms with E-state index in [1.165, 1.54) is 18.6 Å². The van der Waals surface area contributed by atoms with Gasteiger partial charge in [0.25, 0.3) is 5.91 Å². The lowest BCUT2D eigenvalue weighted by molar-refractivity contribution is -0.147. The molecule has 3 N–H and O–H groups in total. The zero-order chi connectivity index (χ0) is 33.2. The summed E-state index contributed by atoms with van der Waals surface area (Å²) in [5.41, 5.74) is 0.0709. The summed E-state index contributed by atoms with van der Waals surface area (Å²) in [5.74, 6) is -0.900. The molecule has 0 radical (unpaired) electrons. The summed E-state index contributed by atoms with van der Waals surface area (Å²) in [7, 11) is 0. The van der Waals surface area contributed by atoms with Crippen LogP contribution in [0.15, 0.2) is 51.7 Å². The zero-order valence-corrected chi connectivity index (χ0v) is 27.8. The molecule has 1 aliphatic heterocycles. The van der Waals surface area contributed by atoms with Crippen molar-refractivity contribution in [2.45, 2.75) is 90.6 Å². The van der Waals surface area contributed by atoms with Gasteiger partial charge in [-0.2, -0.15) is 0 Å². The molecule has 0 bridgehead atoms. The van der Waals surface area contributed by atoms with Gasteiger partial charge in [-0.25, -0.2) is 0 Å². The lowest BCUT2D eigenvalue weighted by Gasteiger charge is -2.48. The minimum atomic E-state index is -0.957. The molecule has 5 rings (SSSR count). The summed E-state index contributed by atoms with van der Waals surface area (Å²) in [4.78, 5) is 56.1. The SMILES string of the molecule is Cc1cc2oc(C(=O)N[C@H](Cc3ccc(Cl)cc3)C(=O)N3CCC(C(=O)NC(C)(C)C)(C4CCCCC4)CC3)cc(=O)c2cc1O. The summed E-state index contributed by atoms with van der Waals surface area (Å²) >= 11 is 6.10. The number of aryl methyl sites for hydroxylation is 1. The Labute approximate surface area is 274 Å². The molecule has 3 aromatic rings. The fourth-order valence-corrected chi connectivity index (χ4v) is 7.10. The number of carbonyl (C=O) groups excluding carboxylic acids is 3. The molecule has 46 heavy (non-hydrogen) atoms. The first-order chi connectivity index (χ1) is 21.8. The molecule has 1 atom stereocenters. The Morgan fingerprint density at radius 1 is 1.04 bits per heavy atom. The van der Waals surface area contributed by atoms with E-state index in [2.05, 4.69) is 10.6 Å². The van der Waals surface area contributed by atoms with Crippen LogP contribution in [0.3, 0.4) is 0 Å². The van der Waals surface area contributed by atoms with Crippen LogP contribution in [0.2, 0.25) is 5.02 Å². The average molecular weight is 650 g/mol.